The van der Waals surface area contributed by atoms with Crippen molar-refractivity contribution in [3.63, 3.8) is 0 Å². The van der Waals surface area contributed by atoms with Crippen LogP contribution in [0.25, 0.3) is 0 Å². The molecular formula is C18H23NO3. The Kier molecular flexibility index (Phi) is 4.19. The predicted molar refractivity (Wildman–Crippen MR) is 83.3 cm³/mol. The fraction of sp³-hybridized carbons (Fsp3) is 0.556. The van der Waals surface area contributed by atoms with Crippen LogP contribution in [0.4, 0.5) is 0 Å². The van der Waals surface area contributed by atoms with Crippen LogP contribution in [0.1, 0.15) is 30.4 Å². The smallest absolute Gasteiger partial charge is 0.308 e. The van der Waals surface area contributed by atoms with Gasteiger partial charge < -0.3 is 10.4 Å². The lowest BCUT2D eigenvalue weighted by Gasteiger charge is -2.14. The van der Waals surface area contributed by atoms with Crippen LogP contribution < -0.4 is 5.32 Å². The van der Waals surface area contributed by atoms with E-state index in [2.05, 4.69) is 5.32 Å². The van der Waals surface area contributed by atoms with Crippen LogP contribution in [0.2, 0.25) is 0 Å². The Morgan fingerprint density at radius 3 is 2.77 bits per heavy atom. The number of amides is 1. The van der Waals surface area contributed by atoms with Gasteiger partial charge in [0.25, 0.3) is 0 Å². The van der Waals surface area contributed by atoms with Crippen molar-refractivity contribution >= 4 is 11.9 Å². The monoisotopic (exact) mass is 301 g/mol. The molecule has 4 nitrogen and oxygen atoms in total. The second kappa shape index (κ2) is 6.11. The van der Waals surface area contributed by atoms with Gasteiger partial charge in [-0.25, -0.2) is 0 Å². The number of aryl methyl sites for hydroxylation is 1. The number of nitrogens with one attached hydrogen (secondary N) is 1. The molecule has 1 amide bonds. The van der Waals surface area contributed by atoms with Crippen LogP contribution in [0.5, 0.6) is 0 Å². The first-order chi connectivity index (χ1) is 10.5. The molecule has 2 fully saturated rings. The molecule has 2 aliphatic rings. The number of carboxylic acids is 1. The second-order valence-corrected chi connectivity index (χ2v) is 6.82. The fourth-order valence-electron chi connectivity index (χ4n) is 3.29. The molecule has 1 aromatic carbocycles. The number of carbonyl (C=O) groups excluding carboxylic acids is 1. The highest BCUT2D eigenvalue weighted by atomic mass is 16.4. The minimum Gasteiger partial charge on any atom is -0.481 e. The van der Waals surface area contributed by atoms with Crippen LogP contribution in [-0.4, -0.2) is 23.5 Å². The third-order valence-corrected chi connectivity index (χ3v) is 4.84. The molecule has 118 valence electrons. The van der Waals surface area contributed by atoms with E-state index < -0.39 is 11.9 Å². The summed E-state index contributed by atoms with van der Waals surface area (Å²) in [6.45, 7) is 2.21. The molecule has 22 heavy (non-hydrogen) atoms. The molecule has 3 rings (SSSR count). The van der Waals surface area contributed by atoms with Gasteiger partial charge in [0.15, 0.2) is 0 Å². The quantitative estimate of drug-likeness (QED) is 0.812. The number of carbonyl (C=O) groups is 2. The minimum atomic E-state index is -0.851. The van der Waals surface area contributed by atoms with Crippen molar-refractivity contribution in [2.45, 2.75) is 32.6 Å². The first-order valence-corrected chi connectivity index (χ1v) is 8.10. The maximum atomic E-state index is 12.1. The van der Waals surface area contributed by atoms with Crippen LogP contribution in [-0.2, 0) is 16.0 Å². The Morgan fingerprint density at radius 2 is 2.14 bits per heavy atom. The summed E-state index contributed by atoms with van der Waals surface area (Å²) in [7, 11) is 0. The van der Waals surface area contributed by atoms with Gasteiger partial charge in [-0.05, 0) is 50.0 Å². The van der Waals surface area contributed by atoms with E-state index in [1.807, 2.05) is 31.2 Å². The maximum absolute atomic E-state index is 12.1. The van der Waals surface area contributed by atoms with Crippen molar-refractivity contribution in [1.29, 1.82) is 0 Å². The molecule has 3 unspecified atom stereocenters. The van der Waals surface area contributed by atoms with Gasteiger partial charge in [-0.1, -0.05) is 29.8 Å². The van der Waals surface area contributed by atoms with E-state index in [1.165, 1.54) is 12.8 Å². The Balaban J connectivity index is 1.51. The third-order valence-electron chi connectivity index (χ3n) is 4.84. The molecule has 2 aliphatic carbocycles. The highest BCUT2D eigenvalue weighted by molar-refractivity contribution is 5.82. The number of benzene rings is 1. The average Bonchev–Trinajstić information content (AvgIpc) is 3.35. The lowest BCUT2D eigenvalue weighted by Crippen LogP contribution is -2.35. The molecule has 2 N–H and O–H groups in total. The standard InChI is InChI=1S/C18H23NO3/c1-11-3-2-4-12(7-11)8-14(18(21)22)10-19-17(20)16-9-15(16)13-5-6-13/h2-4,7,13-16H,5-6,8-10H2,1H3,(H,19,20)(H,21,22). The van der Waals surface area contributed by atoms with E-state index in [-0.39, 0.29) is 18.4 Å². The largest absolute Gasteiger partial charge is 0.481 e. The zero-order valence-electron chi connectivity index (χ0n) is 12.9. The van der Waals surface area contributed by atoms with Crippen molar-refractivity contribution in [3.05, 3.63) is 35.4 Å². The highest BCUT2D eigenvalue weighted by Gasteiger charge is 2.51. The first-order valence-electron chi connectivity index (χ1n) is 8.10. The first kappa shape index (κ1) is 15.1. The van der Waals surface area contributed by atoms with E-state index in [9.17, 15) is 14.7 Å². The molecule has 0 aliphatic heterocycles. The summed E-state index contributed by atoms with van der Waals surface area (Å²) < 4.78 is 0. The lowest BCUT2D eigenvalue weighted by atomic mass is 9.98. The predicted octanol–water partition coefficient (Wildman–Crippen LogP) is 2.40. The van der Waals surface area contributed by atoms with Crippen molar-refractivity contribution in [3.8, 4) is 0 Å². The van der Waals surface area contributed by atoms with Crippen LogP contribution in [0.15, 0.2) is 24.3 Å². The van der Waals surface area contributed by atoms with Gasteiger partial charge in [-0.3, -0.25) is 9.59 Å². The van der Waals surface area contributed by atoms with Crippen LogP contribution >= 0.6 is 0 Å². The summed E-state index contributed by atoms with van der Waals surface area (Å²) >= 11 is 0. The Bertz CT molecular complexity index is 579. The van der Waals surface area contributed by atoms with Crippen molar-refractivity contribution in [2.75, 3.05) is 6.54 Å². The zero-order valence-corrected chi connectivity index (χ0v) is 12.9. The Hall–Kier alpha value is -1.84. The molecule has 2 saturated carbocycles. The van der Waals surface area contributed by atoms with Gasteiger partial charge in [0.1, 0.15) is 0 Å². The lowest BCUT2D eigenvalue weighted by molar-refractivity contribution is -0.141. The van der Waals surface area contributed by atoms with Gasteiger partial charge in [0, 0.05) is 12.5 Å². The molecule has 0 heterocycles. The fourth-order valence-corrected chi connectivity index (χ4v) is 3.29. The SMILES string of the molecule is Cc1cccc(CC(CNC(=O)C2CC2C2CC2)C(=O)O)c1. The number of hydrogen-bond acceptors (Lipinski definition) is 2. The summed E-state index contributed by atoms with van der Waals surface area (Å²) in [5.41, 5.74) is 2.12. The molecule has 0 radical (unpaired) electrons. The van der Waals surface area contributed by atoms with Gasteiger partial charge >= 0.3 is 5.97 Å². The molecule has 3 atom stereocenters. The summed E-state index contributed by atoms with van der Waals surface area (Å²) in [6.07, 6.45) is 3.97. The van der Waals surface area contributed by atoms with Crippen molar-refractivity contribution in [1.82, 2.24) is 5.32 Å². The van der Waals surface area contributed by atoms with E-state index in [0.717, 1.165) is 23.5 Å². The summed E-state index contributed by atoms with van der Waals surface area (Å²) in [5, 5.41) is 12.2. The van der Waals surface area contributed by atoms with Gasteiger partial charge in [0.2, 0.25) is 5.91 Å². The Labute approximate surface area is 130 Å². The van der Waals surface area contributed by atoms with Crippen molar-refractivity contribution in [2.24, 2.45) is 23.7 Å². The van der Waals surface area contributed by atoms with Crippen LogP contribution in [0.3, 0.4) is 0 Å². The van der Waals surface area contributed by atoms with Crippen molar-refractivity contribution < 1.29 is 14.7 Å². The molecule has 1 aromatic rings. The minimum absolute atomic E-state index is 0.0485. The Morgan fingerprint density at radius 1 is 1.36 bits per heavy atom. The molecule has 0 spiro atoms. The van der Waals surface area contributed by atoms with Gasteiger partial charge in [0.05, 0.1) is 5.92 Å². The number of hydrogen-bond donors (Lipinski definition) is 2. The van der Waals surface area contributed by atoms with Gasteiger partial charge in [-0.15, -0.1) is 0 Å². The van der Waals surface area contributed by atoms with Crippen LogP contribution in [0, 0.1) is 30.6 Å². The van der Waals surface area contributed by atoms with Gasteiger partial charge in [-0.2, -0.15) is 0 Å². The molecule has 0 saturated heterocycles. The summed E-state index contributed by atoms with van der Waals surface area (Å²) in [6, 6.07) is 7.87. The normalized spacial score (nSPS) is 24.6. The number of rotatable bonds is 7. The number of carboxylic acid groups (broad SMARTS) is 1. The molecule has 4 heteroatoms. The molecule has 0 bridgehead atoms. The van der Waals surface area contributed by atoms with E-state index in [0.29, 0.717) is 12.3 Å². The van der Waals surface area contributed by atoms with E-state index in [1.54, 1.807) is 0 Å². The summed E-state index contributed by atoms with van der Waals surface area (Å²) in [4.78, 5) is 23.5. The topological polar surface area (TPSA) is 66.4 Å². The average molecular weight is 301 g/mol. The second-order valence-electron chi connectivity index (χ2n) is 6.82. The highest BCUT2D eigenvalue weighted by Crippen LogP contribution is 2.54. The molecule has 0 aromatic heterocycles. The van der Waals surface area contributed by atoms with E-state index >= 15 is 0 Å². The van der Waals surface area contributed by atoms with E-state index in [4.69, 9.17) is 0 Å². The zero-order chi connectivity index (χ0) is 15.7. The number of aliphatic carboxylic acids is 1. The maximum Gasteiger partial charge on any atom is 0.308 e. The molecular weight excluding hydrogens is 278 g/mol. The third kappa shape index (κ3) is 3.67. The summed E-state index contributed by atoms with van der Waals surface area (Å²) in [5.74, 6) is 0.104.